The number of β-amino-alcohol motifs (C(OH)–C–C–N with tert-alkyl or cyclic N) is 1. The van der Waals surface area contributed by atoms with E-state index in [1.807, 2.05) is 6.07 Å². The van der Waals surface area contributed by atoms with Gasteiger partial charge in [-0.25, -0.2) is 0 Å². The van der Waals surface area contributed by atoms with Crippen molar-refractivity contribution in [2.24, 2.45) is 5.41 Å². The van der Waals surface area contributed by atoms with Gasteiger partial charge in [0, 0.05) is 26.1 Å². The highest BCUT2D eigenvalue weighted by Gasteiger charge is 2.51. The number of amides is 2. The van der Waals surface area contributed by atoms with E-state index in [4.69, 9.17) is 0 Å². The van der Waals surface area contributed by atoms with Crippen LogP contribution in [0.15, 0.2) is 24.3 Å². The van der Waals surface area contributed by atoms with Crippen molar-refractivity contribution in [3.63, 3.8) is 0 Å². The lowest BCUT2D eigenvalue weighted by molar-refractivity contribution is -0.144. The van der Waals surface area contributed by atoms with Crippen LogP contribution in [0.1, 0.15) is 49.7 Å². The summed E-state index contributed by atoms with van der Waals surface area (Å²) in [6.07, 6.45) is 5.50. The van der Waals surface area contributed by atoms with Crippen LogP contribution in [0.3, 0.4) is 0 Å². The number of rotatable bonds is 4. The van der Waals surface area contributed by atoms with Crippen molar-refractivity contribution < 1.29 is 14.7 Å². The minimum Gasteiger partial charge on any atom is -0.390 e. The number of benzene rings is 1. The summed E-state index contributed by atoms with van der Waals surface area (Å²) in [5.74, 6) is -0.134. The van der Waals surface area contributed by atoms with Crippen molar-refractivity contribution in [1.29, 1.82) is 0 Å². The van der Waals surface area contributed by atoms with Gasteiger partial charge in [0.25, 0.3) is 0 Å². The number of likely N-dealkylation sites (tertiary alicyclic amines) is 1. The molecule has 5 nitrogen and oxygen atoms in total. The second-order valence-corrected chi connectivity index (χ2v) is 8.23. The summed E-state index contributed by atoms with van der Waals surface area (Å²) in [5, 5.41) is 10.5. The molecule has 3 aliphatic rings. The molecule has 1 atom stereocenters. The van der Waals surface area contributed by atoms with Gasteiger partial charge in [0.1, 0.15) is 0 Å². The molecule has 1 saturated carbocycles. The Morgan fingerprint density at radius 2 is 1.77 bits per heavy atom. The lowest BCUT2D eigenvalue weighted by atomic mass is 9.73. The summed E-state index contributed by atoms with van der Waals surface area (Å²) in [4.78, 5) is 28.9. The molecule has 2 heterocycles. The van der Waals surface area contributed by atoms with E-state index in [9.17, 15) is 14.7 Å². The van der Waals surface area contributed by atoms with Gasteiger partial charge in [-0.1, -0.05) is 43.5 Å². The quantitative estimate of drug-likeness (QED) is 0.840. The van der Waals surface area contributed by atoms with Crippen molar-refractivity contribution >= 4 is 11.8 Å². The third-order valence-corrected chi connectivity index (χ3v) is 6.37. The van der Waals surface area contributed by atoms with Gasteiger partial charge in [-0.05, 0) is 30.4 Å². The van der Waals surface area contributed by atoms with E-state index in [1.165, 1.54) is 16.0 Å². The Kier molecular flexibility index (Phi) is 4.84. The fourth-order valence-corrected chi connectivity index (χ4v) is 4.94. The second-order valence-electron chi connectivity index (χ2n) is 8.23. The number of imide groups is 1. The highest BCUT2D eigenvalue weighted by Crippen LogP contribution is 2.45. The average molecular weight is 356 g/mol. The topological polar surface area (TPSA) is 60.9 Å². The van der Waals surface area contributed by atoms with Gasteiger partial charge in [-0.15, -0.1) is 0 Å². The molecule has 5 heteroatoms. The molecule has 1 aliphatic carbocycles. The summed E-state index contributed by atoms with van der Waals surface area (Å²) in [5.41, 5.74) is 2.22. The van der Waals surface area contributed by atoms with Crippen molar-refractivity contribution in [1.82, 2.24) is 9.80 Å². The number of carbonyl (C=O) groups is 2. The normalized spacial score (nSPS) is 24.1. The van der Waals surface area contributed by atoms with E-state index >= 15 is 0 Å². The molecule has 0 aromatic heterocycles. The van der Waals surface area contributed by atoms with E-state index < -0.39 is 11.5 Å². The minimum absolute atomic E-state index is 0.0368. The number of nitrogens with zero attached hydrogens (tertiary/aromatic N) is 2. The molecule has 2 aliphatic heterocycles. The molecule has 2 amide bonds. The Hall–Kier alpha value is -1.72. The average Bonchev–Trinajstić information content (AvgIpc) is 2.86. The summed E-state index contributed by atoms with van der Waals surface area (Å²) in [6, 6.07) is 8.40. The number of fused-ring (bicyclic) bond motifs is 1. The monoisotopic (exact) mass is 356 g/mol. The van der Waals surface area contributed by atoms with Crippen molar-refractivity contribution in [2.45, 2.75) is 57.6 Å². The molecule has 140 valence electrons. The van der Waals surface area contributed by atoms with E-state index in [2.05, 4.69) is 23.1 Å². The standard InChI is InChI=1S/C21H28N2O3/c24-18(14-22-11-8-16-6-2-3-7-17(16)13-22)15-23-19(25)12-21(20(23)26)9-4-1-5-10-21/h2-3,6-7,18,24H,1,4-5,8-15H2. The molecule has 0 radical (unpaired) electrons. The van der Waals surface area contributed by atoms with Crippen LogP contribution in [0.25, 0.3) is 0 Å². The first-order valence-electron chi connectivity index (χ1n) is 9.89. The Balaban J connectivity index is 1.36. The molecule has 2 fully saturated rings. The minimum atomic E-state index is -0.688. The van der Waals surface area contributed by atoms with Crippen LogP contribution in [0.5, 0.6) is 0 Å². The zero-order chi connectivity index (χ0) is 18.1. The number of aliphatic hydroxyl groups is 1. The fraction of sp³-hybridized carbons (Fsp3) is 0.619. The Morgan fingerprint density at radius 1 is 1.04 bits per heavy atom. The van der Waals surface area contributed by atoms with Crippen molar-refractivity contribution in [3.05, 3.63) is 35.4 Å². The summed E-state index contributed by atoms with van der Waals surface area (Å²) in [7, 11) is 0. The Morgan fingerprint density at radius 3 is 2.54 bits per heavy atom. The van der Waals surface area contributed by atoms with Crippen LogP contribution >= 0.6 is 0 Å². The van der Waals surface area contributed by atoms with Crippen LogP contribution < -0.4 is 0 Å². The predicted octanol–water partition coefficient (Wildman–Crippen LogP) is 2.11. The molecule has 1 N–H and O–H groups in total. The molecular formula is C21H28N2O3. The van der Waals surface area contributed by atoms with Crippen LogP contribution in [-0.4, -0.2) is 52.5 Å². The third kappa shape index (κ3) is 3.30. The maximum absolute atomic E-state index is 12.9. The summed E-state index contributed by atoms with van der Waals surface area (Å²) in [6.45, 7) is 2.36. The molecule has 4 rings (SSSR count). The van der Waals surface area contributed by atoms with E-state index in [0.29, 0.717) is 13.0 Å². The predicted molar refractivity (Wildman–Crippen MR) is 98.3 cm³/mol. The van der Waals surface area contributed by atoms with Crippen LogP contribution in [-0.2, 0) is 22.6 Å². The third-order valence-electron chi connectivity index (χ3n) is 6.37. The first-order valence-corrected chi connectivity index (χ1v) is 9.89. The molecule has 1 aromatic carbocycles. The first-order chi connectivity index (χ1) is 12.6. The van der Waals surface area contributed by atoms with Gasteiger partial charge >= 0.3 is 0 Å². The highest BCUT2D eigenvalue weighted by atomic mass is 16.3. The molecule has 1 aromatic rings. The maximum Gasteiger partial charge on any atom is 0.235 e. The van der Waals surface area contributed by atoms with E-state index in [1.54, 1.807) is 0 Å². The van der Waals surface area contributed by atoms with Crippen molar-refractivity contribution in [2.75, 3.05) is 19.6 Å². The van der Waals surface area contributed by atoms with Crippen LogP contribution in [0, 0.1) is 5.41 Å². The second kappa shape index (κ2) is 7.12. The number of hydrogen-bond donors (Lipinski definition) is 1. The number of aliphatic hydroxyl groups excluding tert-OH is 1. The van der Waals surface area contributed by atoms with Crippen LogP contribution in [0.2, 0.25) is 0 Å². The molecule has 1 spiro atoms. The molecule has 1 unspecified atom stereocenters. The number of carbonyl (C=O) groups excluding carboxylic acids is 2. The SMILES string of the molecule is O=C1CC2(CCCCC2)C(=O)N1CC(O)CN1CCc2ccccc2C1. The van der Waals surface area contributed by atoms with Gasteiger partial charge in [-0.3, -0.25) is 19.4 Å². The first kappa shape index (κ1) is 17.7. The van der Waals surface area contributed by atoms with E-state index in [0.717, 1.165) is 51.6 Å². The summed E-state index contributed by atoms with van der Waals surface area (Å²) >= 11 is 0. The van der Waals surface area contributed by atoms with Gasteiger partial charge in [0.05, 0.1) is 18.1 Å². The smallest absolute Gasteiger partial charge is 0.235 e. The molecule has 26 heavy (non-hydrogen) atoms. The number of hydrogen-bond acceptors (Lipinski definition) is 4. The molecule has 1 saturated heterocycles. The molecule has 0 bridgehead atoms. The highest BCUT2D eigenvalue weighted by molar-refractivity contribution is 6.06. The zero-order valence-electron chi connectivity index (χ0n) is 15.3. The lowest BCUT2D eigenvalue weighted by Gasteiger charge is -2.32. The van der Waals surface area contributed by atoms with Gasteiger partial charge < -0.3 is 5.11 Å². The Labute approximate surface area is 155 Å². The van der Waals surface area contributed by atoms with Crippen molar-refractivity contribution in [3.8, 4) is 0 Å². The zero-order valence-corrected chi connectivity index (χ0v) is 15.3. The maximum atomic E-state index is 12.9. The van der Waals surface area contributed by atoms with Gasteiger partial charge in [0.15, 0.2) is 0 Å². The fourth-order valence-electron chi connectivity index (χ4n) is 4.94. The van der Waals surface area contributed by atoms with E-state index in [-0.39, 0.29) is 18.4 Å². The van der Waals surface area contributed by atoms with Crippen LogP contribution in [0.4, 0.5) is 0 Å². The van der Waals surface area contributed by atoms with Gasteiger partial charge in [-0.2, -0.15) is 0 Å². The molecular weight excluding hydrogens is 328 g/mol. The summed E-state index contributed by atoms with van der Waals surface area (Å²) < 4.78 is 0. The largest absolute Gasteiger partial charge is 0.390 e. The van der Waals surface area contributed by atoms with Gasteiger partial charge in [0.2, 0.25) is 11.8 Å². The Bertz CT molecular complexity index is 696. The lowest BCUT2D eigenvalue weighted by Crippen LogP contribution is -2.45.